The number of rotatable bonds is 9. The van der Waals surface area contributed by atoms with Crippen molar-refractivity contribution >= 4 is 10.8 Å². The van der Waals surface area contributed by atoms with Crippen LogP contribution in [-0.2, 0) is 24.0 Å². The second-order valence-corrected chi connectivity index (χ2v) is 7.21. The van der Waals surface area contributed by atoms with Gasteiger partial charge in [0, 0.05) is 35.4 Å². The van der Waals surface area contributed by atoms with Crippen LogP contribution in [0.25, 0.3) is 0 Å². The summed E-state index contributed by atoms with van der Waals surface area (Å²) in [6, 6.07) is 7.98. The first kappa shape index (κ1) is 17.7. The molecule has 0 aliphatic rings. The minimum absolute atomic E-state index is 0.460. The van der Waals surface area contributed by atoms with Gasteiger partial charge in [-0.2, -0.15) is 0 Å². The molecule has 0 saturated heterocycles. The van der Waals surface area contributed by atoms with Gasteiger partial charge in [-0.25, -0.2) is 0 Å². The minimum Gasteiger partial charge on any atom is -0.489 e. The van der Waals surface area contributed by atoms with E-state index in [9.17, 15) is 4.21 Å². The molecule has 0 saturated carbocycles. The number of hydrogen-bond donors (Lipinski definition) is 1. The van der Waals surface area contributed by atoms with Crippen molar-refractivity contribution in [3.63, 3.8) is 0 Å². The molecule has 1 aromatic carbocycles. The van der Waals surface area contributed by atoms with E-state index in [0.717, 1.165) is 41.6 Å². The molecule has 1 atom stereocenters. The number of aryl methyl sites for hydroxylation is 2. The Labute approximate surface area is 139 Å². The number of nitrogens with zero attached hydrogens (tertiary/aromatic N) is 1. The number of hydrogen-bond acceptors (Lipinski definition) is 5. The predicted molar refractivity (Wildman–Crippen MR) is 92.0 cm³/mol. The van der Waals surface area contributed by atoms with Crippen LogP contribution in [0.3, 0.4) is 0 Å². The highest BCUT2D eigenvalue weighted by Gasteiger charge is 2.09. The van der Waals surface area contributed by atoms with Crippen LogP contribution in [0, 0.1) is 13.8 Å². The quantitative estimate of drug-likeness (QED) is 0.713. The second-order valence-electron chi connectivity index (χ2n) is 5.34. The predicted octanol–water partition coefficient (Wildman–Crippen LogP) is 2.73. The Bertz CT molecular complexity index is 618. The van der Waals surface area contributed by atoms with Gasteiger partial charge in [0.05, 0.1) is 11.3 Å². The van der Waals surface area contributed by atoms with Gasteiger partial charge in [-0.05, 0) is 31.5 Å². The lowest BCUT2D eigenvalue weighted by Crippen LogP contribution is -2.20. The van der Waals surface area contributed by atoms with Crippen LogP contribution < -0.4 is 10.1 Å². The first-order valence-electron chi connectivity index (χ1n) is 7.79. The molecule has 2 aromatic rings. The second kappa shape index (κ2) is 8.84. The molecule has 2 rings (SSSR count). The molecular formula is C17H24N2O3S. The Balaban J connectivity index is 1.77. The molecule has 1 heterocycles. The van der Waals surface area contributed by atoms with Crippen LogP contribution in [0.4, 0.5) is 0 Å². The standard InChI is InChI=1S/C17H24N2O3S/c1-4-23(20)10-9-18-11-15-5-7-16(8-6-15)21-12-17-13(2)19-22-14(17)3/h5-8,18H,4,9-12H2,1-3H3/t23-/m1/s1. The highest BCUT2D eigenvalue weighted by atomic mass is 32.2. The van der Waals surface area contributed by atoms with Gasteiger partial charge in [0.25, 0.3) is 0 Å². The average molecular weight is 336 g/mol. The molecule has 0 bridgehead atoms. The van der Waals surface area contributed by atoms with Gasteiger partial charge in [-0.15, -0.1) is 0 Å². The van der Waals surface area contributed by atoms with Gasteiger partial charge in [-0.1, -0.05) is 24.2 Å². The van der Waals surface area contributed by atoms with Crippen LogP contribution in [0.5, 0.6) is 5.75 Å². The summed E-state index contributed by atoms with van der Waals surface area (Å²) in [4.78, 5) is 0. The molecule has 126 valence electrons. The van der Waals surface area contributed by atoms with Crippen molar-refractivity contribution in [2.75, 3.05) is 18.1 Å². The van der Waals surface area contributed by atoms with Gasteiger partial charge in [0.2, 0.25) is 0 Å². The van der Waals surface area contributed by atoms with Gasteiger partial charge in [0.1, 0.15) is 18.1 Å². The zero-order chi connectivity index (χ0) is 16.7. The fourth-order valence-corrected chi connectivity index (χ4v) is 2.79. The summed E-state index contributed by atoms with van der Waals surface area (Å²) in [5.74, 6) is 3.04. The van der Waals surface area contributed by atoms with Crippen LogP contribution >= 0.6 is 0 Å². The molecule has 1 aromatic heterocycles. The minimum atomic E-state index is -0.705. The first-order valence-corrected chi connectivity index (χ1v) is 9.28. The fraction of sp³-hybridized carbons (Fsp3) is 0.471. The van der Waals surface area contributed by atoms with E-state index in [1.807, 2.05) is 45.0 Å². The monoisotopic (exact) mass is 336 g/mol. The van der Waals surface area contributed by atoms with E-state index in [4.69, 9.17) is 9.26 Å². The molecule has 1 N–H and O–H groups in total. The van der Waals surface area contributed by atoms with E-state index < -0.39 is 10.8 Å². The Morgan fingerprint density at radius 3 is 2.61 bits per heavy atom. The number of ether oxygens (including phenoxy) is 1. The summed E-state index contributed by atoms with van der Waals surface area (Å²) in [6.07, 6.45) is 0. The summed E-state index contributed by atoms with van der Waals surface area (Å²) < 4.78 is 22.2. The molecule has 6 heteroatoms. The molecule has 0 spiro atoms. The van der Waals surface area contributed by atoms with Gasteiger partial charge < -0.3 is 14.6 Å². The van der Waals surface area contributed by atoms with Crippen molar-refractivity contribution in [3.05, 3.63) is 46.8 Å². The molecular weight excluding hydrogens is 312 g/mol. The molecule has 0 aliphatic carbocycles. The van der Waals surface area contributed by atoms with E-state index >= 15 is 0 Å². The molecule has 23 heavy (non-hydrogen) atoms. The Hall–Kier alpha value is -1.66. The Morgan fingerprint density at radius 2 is 2.00 bits per heavy atom. The van der Waals surface area contributed by atoms with Crippen molar-refractivity contribution < 1.29 is 13.5 Å². The molecule has 0 unspecified atom stereocenters. The highest BCUT2D eigenvalue weighted by Crippen LogP contribution is 2.17. The van der Waals surface area contributed by atoms with E-state index in [-0.39, 0.29) is 0 Å². The molecule has 0 amide bonds. The lowest BCUT2D eigenvalue weighted by molar-refractivity contribution is 0.301. The maximum atomic E-state index is 11.3. The molecule has 5 nitrogen and oxygen atoms in total. The van der Waals surface area contributed by atoms with Crippen molar-refractivity contribution in [2.24, 2.45) is 0 Å². The fourth-order valence-electron chi connectivity index (χ4n) is 2.13. The Morgan fingerprint density at radius 1 is 1.26 bits per heavy atom. The van der Waals surface area contributed by atoms with Crippen LogP contribution in [-0.4, -0.2) is 27.4 Å². The maximum Gasteiger partial charge on any atom is 0.140 e. The summed E-state index contributed by atoms with van der Waals surface area (Å²) in [7, 11) is -0.705. The Kier molecular flexibility index (Phi) is 6.80. The third-order valence-electron chi connectivity index (χ3n) is 3.65. The van der Waals surface area contributed by atoms with E-state index in [0.29, 0.717) is 12.4 Å². The normalized spacial score (nSPS) is 12.3. The molecule has 0 aliphatic heterocycles. The van der Waals surface area contributed by atoms with Crippen LogP contribution in [0.15, 0.2) is 28.8 Å². The smallest absolute Gasteiger partial charge is 0.140 e. The lowest BCUT2D eigenvalue weighted by atomic mass is 10.2. The third kappa shape index (κ3) is 5.48. The largest absolute Gasteiger partial charge is 0.489 e. The average Bonchev–Trinajstić information content (AvgIpc) is 2.89. The molecule has 0 radical (unpaired) electrons. The summed E-state index contributed by atoms with van der Waals surface area (Å²) >= 11 is 0. The van der Waals surface area contributed by atoms with Gasteiger partial charge in [0.15, 0.2) is 0 Å². The lowest BCUT2D eigenvalue weighted by Gasteiger charge is -2.08. The van der Waals surface area contributed by atoms with Crippen molar-refractivity contribution in [1.82, 2.24) is 10.5 Å². The van der Waals surface area contributed by atoms with E-state index in [1.54, 1.807) is 0 Å². The zero-order valence-corrected chi connectivity index (χ0v) is 14.7. The van der Waals surface area contributed by atoms with Crippen molar-refractivity contribution in [1.29, 1.82) is 0 Å². The summed E-state index contributed by atoms with van der Waals surface area (Å²) in [6.45, 7) is 7.74. The summed E-state index contributed by atoms with van der Waals surface area (Å²) in [5, 5.41) is 7.22. The zero-order valence-electron chi connectivity index (χ0n) is 13.9. The van der Waals surface area contributed by atoms with Gasteiger partial charge in [-0.3, -0.25) is 4.21 Å². The van der Waals surface area contributed by atoms with Gasteiger partial charge >= 0.3 is 0 Å². The maximum absolute atomic E-state index is 11.3. The topological polar surface area (TPSA) is 64.4 Å². The van der Waals surface area contributed by atoms with Crippen LogP contribution in [0.2, 0.25) is 0 Å². The molecule has 0 fully saturated rings. The highest BCUT2D eigenvalue weighted by molar-refractivity contribution is 7.84. The number of benzene rings is 1. The SMILES string of the molecule is CC[S@@](=O)CCNCc1ccc(OCc2c(C)noc2C)cc1. The van der Waals surface area contributed by atoms with Crippen molar-refractivity contribution in [2.45, 2.75) is 33.9 Å². The summed E-state index contributed by atoms with van der Waals surface area (Å²) in [5.41, 5.74) is 3.05. The van der Waals surface area contributed by atoms with E-state index in [2.05, 4.69) is 10.5 Å². The first-order chi connectivity index (χ1) is 11.1. The number of nitrogens with one attached hydrogen (secondary N) is 1. The van der Waals surface area contributed by atoms with Crippen molar-refractivity contribution in [3.8, 4) is 5.75 Å². The number of aromatic nitrogens is 1. The third-order valence-corrected chi connectivity index (χ3v) is 4.95. The van der Waals surface area contributed by atoms with Crippen LogP contribution in [0.1, 0.15) is 29.5 Å². The van der Waals surface area contributed by atoms with E-state index in [1.165, 1.54) is 5.56 Å².